The van der Waals surface area contributed by atoms with Gasteiger partial charge in [-0.15, -0.1) is 0 Å². The van der Waals surface area contributed by atoms with Crippen molar-refractivity contribution >= 4 is 40.6 Å². The third-order valence-corrected chi connectivity index (χ3v) is 7.21. The minimum atomic E-state index is -0.453. The van der Waals surface area contributed by atoms with Crippen molar-refractivity contribution in [1.82, 2.24) is 9.80 Å². The largest absolute Gasteiger partial charge is 0.362 e. The summed E-state index contributed by atoms with van der Waals surface area (Å²) in [6.07, 6.45) is 0. The summed E-state index contributed by atoms with van der Waals surface area (Å²) < 4.78 is 0. The molecule has 0 atom stereocenters. The van der Waals surface area contributed by atoms with Crippen LogP contribution in [0.2, 0.25) is 0 Å². The molecule has 2 aliphatic rings. The Bertz CT molecular complexity index is 1070. The number of hydrogen-bond donors (Lipinski definition) is 1. The van der Waals surface area contributed by atoms with Crippen molar-refractivity contribution in [3.05, 3.63) is 63.7 Å². The number of benzene rings is 2. The topological polar surface area (TPSA) is 99.0 Å². The van der Waals surface area contributed by atoms with E-state index >= 15 is 0 Å². The van der Waals surface area contributed by atoms with Crippen molar-refractivity contribution in [1.29, 1.82) is 0 Å². The van der Waals surface area contributed by atoms with Crippen molar-refractivity contribution in [2.45, 2.75) is 13.5 Å². The summed E-state index contributed by atoms with van der Waals surface area (Å²) in [6.45, 7) is 6.35. The van der Waals surface area contributed by atoms with E-state index in [1.165, 1.54) is 13.0 Å². The minimum Gasteiger partial charge on any atom is -0.362 e. The first-order chi connectivity index (χ1) is 16.4. The predicted octanol–water partition coefficient (Wildman–Crippen LogP) is 3.06. The number of carbonyl (C=O) groups excluding carboxylic acids is 2. The Morgan fingerprint density at radius 1 is 1.03 bits per heavy atom. The highest BCUT2D eigenvalue weighted by atomic mass is 32.2. The van der Waals surface area contributed by atoms with Crippen LogP contribution in [0.15, 0.2) is 42.5 Å². The van der Waals surface area contributed by atoms with Crippen LogP contribution in [0.4, 0.5) is 17.1 Å². The molecule has 0 spiro atoms. The van der Waals surface area contributed by atoms with Crippen LogP contribution >= 0.6 is 11.8 Å². The summed E-state index contributed by atoms with van der Waals surface area (Å²) in [5.41, 5.74) is 2.34. The minimum absolute atomic E-state index is 0.000579. The fraction of sp³-hybridized carbons (Fsp3) is 0.417. The van der Waals surface area contributed by atoms with Gasteiger partial charge in [-0.25, -0.2) is 0 Å². The zero-order chi connectivity index (χ0) is 24.1. The number of para-hydroxylation sites is 1. The number of piperazine rings is 1. The van der Waals surface area contributed by atoms with Gasteiger partial charge in [0.1, 0.15) is 5.69 Å². The van der Waals surface area contributed by atoms with Gasteiger partial charge < -0.3 is 15.1 Å². The molecule has 0 aliphatic carbocycles. The molecule has 0 aromatic heterocycles. The second kappa shape index (κ2) is 10.9. The Balaban J connectivity index is 1.49. The van der Waals surface area contributed by atoms with Gasteiger partial charge in [0.25, 0.3) is 11.6 Å². The highest BCUT2D eigenvalue weighted by molar-refractivity contribution is 7.99. The van der Waals surface area contributed by atoms with Crippen LogP contribution in [0.5, 0.6) is 0 Å². The van der Waals surface area contributed by atoms with Gasteiger partial charge in [0.2, 0.25) is 5.91 Å². The molecule has 10 heteroatoms. The molecule has 2 heterocycles. The molecule has 0 radical (unpaired) electrons. The van der Waals surface area contributed by atoms with E-state index in [2.05, 4.69) is 10.2 Å². The second-order valence-electron chi connectivity index (χ2n) is 8.45. The summed E-state index contributed by atoms with van der Waals surface area (Å²) in [7, 11) is 0. The van der Waals surface area contributed by atoms with Gasteiger partial charge in [-0.05, 0) is 23.8 Å². The van der Waals surface area contributed by atoms with Crippen molar-refractivity contribution in [3.8, 4) is 0 Å². The number of hydrogen-bond acceptors (Lipinski definition) is 7. The van der Waals surface area contributed by atoms with Crippen molar-refractivity contribution in [3.63, 3.8) is 0 Å². The van der Waals surface area contributed by atoms with E-state index < -0.39 is 4.92 Å². The number of amides is 2. The summed E-state index contributed by atoms with van der Waals surface area (Å²) in [5.74, 6) is 1.83. The molecule has 34 heavy (non-hydrogen) atoms. The number of nitrogens with one attached hydrogen (secondary N) is 1. The number of thioether (sulfide) groups is 1. The molecule has 4 rings (SSSR count). The molecular weight excluding hydrogens is 454 g/mol. The monoisotopic (exact) mass is 483 g/mol. The fourth-order valence-corrected chi connectivity index (χ4v) is 5.29. The average Bonchev–Trinajstić information content (AvgIpc) is 2.85. The smallest absolute Gasteiger partial charge is 0.293 e. The van der Waals surface area contributed by atoms with E-state index in [1.54, 1.807) is 17.0 Å². The lowest BCUT2D eigenvalue weighted by Crippen LogP contribution is -2.48. The van der Waals surface area contributed by atoms with Crippen LogP contribution in [-0.4, -0.2) is 77.3 Å². The molecule has 1 N–H and O–H groups in total. The maximum atomic E-state index is 13.0. The van der Waals surface area contributed by atoms with E-state index in [0.29, 0.717) is 31.9 Å². The molecule has 0 saturated carbocycles. The zero-order valence-electron chi connectivity index (χ0n) is 19.2. The van der Waals surface area contributed by atoms with E-state index in [0.717, 1.165) is 42.4 Å². The Morgan fingerprint density at radius 3 is 2.41 bits per heavy atom. The van der Waals surface area contributed by atoms with Crippen LogP contribution in [0, 0.1) is 10.1 Å². The number of rotatable bonds is 6. The molecule has 2 saturated heterocycles. The van der Waals surface area contributed by atoms with Gasteiger partial charge in [0.05, 0.1) is 4.92 Å². The van der Waals surface area contributed by atoms with Crippen LogP contribution < -0.4 is 10.2 Å². The normalized spacial score (nSPS) is 16.9. The number of nitro groups is 1. The van der Waals surface area contributed by atoms with Crippen LogP contribution in [0.1, 0.15) is 22.8 Å². The first-order valence-corrected chi connectivity index (χ1v) is 12.6. The number of anilines is 2. The van der Waals surface area contributed by atoms with E-state index in [-0.39, 0.29) is 23.1 Å². The van der Waals surface area contributed by atoms with Crippen LogP contribution in [0.3, 0.4) is 0 Å². The molecule has 2 aliphatic heterocycles. The predicted molar refractivity (Wildman–Crippen MR) is 135 cm³/mol. The van der Waals surface area contributed by atoms with Crippen LogP contribution in [-0.2, 0) is 11.3 Å². The Kier molecular flexibility index (Phi) is 7.69. The van der Waals surface area contributed by atoms with E-state index in [1.807, 2.05) is 40.9 Å². The maximum Gasteiger partial charge on any atom is 0.293 e. The molecule has 9 nitrogen and oxygen atoms in total. The summed E-state index contributed by atoms with van der Waals surface area (Å²) in [5, 5.41) is 14.8. The molecule has 0 bridgehead atoms. The molecule has 2 fully saturated rings. The van der Waals surface area contributed by atoms with E-state index in [4.69, 9.17) is 0 Å². The highest BCUT2D eigenvalue weighted by Crippen LogP contribution is 2.31. The van der Waals surface area contributed by atoms with Crippen molar-refractivity contribution in [2.75, 3.05) is 61.0 Å². The fourth-order valence-electron chi connectivity index (χ4n) is 4.32. The Labute approximate surface area is 203 Å². The van der Waals surface area contributed by atoms with Crippen molar-refractivity contribution in [2.24, 2.45) is 0 Å². The Morgan fingerprint density at radius 2 is 1.74 bits per heavy atom. The van der Waals surface area contributed by atoms with Gasteiger partial charge in [-0.1, -0.05) is 18.2 Å². The first-order valence-electron chi connectivity index (χ1n) is 11.4. The lowest BCUT2D eigenvalue weighted by atomic mass is 10.1. The molecular formula is C24H29N5O4S. The van der Waals surface area contributed by atoms with Gasteiger partial charge in [-0.3, -0.25) is 24.6 Å². The number of nitrogens with zero attached hydrogens (tertiary/aromatic N) is 4. The van der Waals surface area contributed by atoms with Crippen molar-refractivity contribution < 1.29 is 14.5 Å². The standard InChI is InChI=1S/C24H29N5O4S/c1-18(30)27-8-10-28(11-9-27)22-7-6-19(16-23(22)29(32)33)24(31)25-21-5-3-2-4-20(21)17-26-12-14-34-15-13-26/h2-7,16H,8-15,17H2,1H3,(H,25,31). The summed E-state index contributed by atoms with van der Waals surface area (Å²) in [4.78, 5) is 42.0. The molecule has 2 amide bonds. The SMILES string of the molecule is CC(=O)N1CCN(c2ccc(C(=O)Nc3ccccc3CN3CCSCC3)cc2[N+](=O)[O-])CC1. The highest BCUT2D eigenvalue weighted by Gasteiger charge is 2.26. The number of nitro benzene ring substituents is 1. The maximum absolute atomic E-state index is 13.0. The number of carbonyl (C=O) groups is 2. The summed E-state index contributed by atoms with van der Waals surface area (Å²) in [6, 6.07) is 12.3. The lowest BCUT2D eigenvalue weighted by Gasteiger charge is -2.35. The summed E-state index contributed by atoms with van der Waals surface area (Å²) >= 11 is 1.95. The van der Waals surface area contributed by atoms with Crippen LogP contribution in [0.25, 0.3) is 0 Å². The van der Waals surface area contributed by atoms with Gasteiger partial charge >= 0.3 is 0 Å². The average molecular weight is 484 g/mol. The van der Waals surface area contributed by atoms with Gasteiger partial charge in [-0.2, -0.15) is 11.8 Å². The third kappa shape index (κ3) is 5.68. The third-order valence-electron chi connectivity index (χ3n) is 6.26. The zero-order valence-corrected chi connectivity index (χ0v) is 20.1. The first kappa shape index (κ1) is 24.0. The quantitative estimate of drug-likeness (QED) is 0.498. The second-order valence-corrected chi connectivity index (χ2v) is 9.68. The molecule has 2 aromatic carbocycles. The van der Waals surface area contributed by atoms with Gasteiger partial charge in [0, 0.05) is 81.6 Å². The molecule has 0 unspecified atom stereocenters. The molecule has 180 valence electrons. The van der Waals surface area contributed by atoms with E-state index in [9.17, 15) is 19.7 Å². The lowest BCUT2D eigenvalue weighted by molar-refractivity contribution is -0.384. The Hall–Kier alpha value is -3.11. The molecule has 2 aromatic rings. The van der Waals surface area contributed by atoms with Gasteiger partial charge in [0.15, 0.2) is 0 Å².